The van der Waals surface area contributed by atoms with E-state index < -0.39 is 0 Å². The smallest absolute Gasteiger partial charge is 0.408 e. The molecule has 1 aliphatic rings. The van der Waals surface area contributed by atoms with E-state index >= 15 is 0 Å². The molecule has 1 heterocycles. The standard InChI is InChI=1S/C18H24N2O3/c1-20-15-12-13(8-10-16(15)23-18(20)22)9-11-17(21)19-14-6-4-2-3-5-7-14/h8,10,12,14H,2-7,9,11H2,1H3,(H,19,21). The van der Waals surface area contributed by atoms with Crippen molar-refractivity contribution in [1.82, 2.24) is 9.88 Å². The molecule has 0 atom stereocenters. The highest BCUT2D eigenvalue weighted by Crippen LogP contribution is 2.18. The summed E-state index contributed by atoms with van der Waals surface area (Å²) in [5.74, 6) is -0.235. The van der Waals surface area contributed by atoms with Gasteiger partial charge in [0.2, 0.25) is 5.91 Å². The molecule has 0 unspecified atom stereocenters. The first-order chi connectivity index (χ1) is 11.1. The van der Waals surface area contributed by atoms with E-state index in [1.807, 2.05) is 12.1 Å². The minimum atomic E-state index is -0.358. The average molecular weight is 316 g/mol. The summed E-state index contributed by atoms with van der Waals surface area (Å²) >= 11 is 0. The predicted octanol–water partition coefficient (Wildman–Crippen LogP) is 2.90. The summed E-state index contributed by atoms with van der Waals surface area (Å²) < 4.78 is 6.61. The van der Waals surface area contributed by atoms with Crippen molar-refractivity contribution in [2.24, 2.45) is 7.05 Å². The van der Waals surface area contributed by atoms with Crippen molar-refractivity contribution >= 4 is 17.0 Å². The van der Waals surface area contributed by atoms with Crippen molar-refractivity contribution in [3.63, 3.8) is 0 Å². The van der Waals surface area contributed by atoms with E-state index in [0.29, 0.717) is 24.5 Å². The number of fused-ring (bicyclic) bond motifs is 1. The summed E-state index contributed by atoms with van der Waals surface area (Å²) in [5.41, 5.74) is 2.41. The van der Waals surface area contributed by atoms with E-state index in [1.165, 1.54) is 30.3 Å². The van der Waals surface area contributed by atoms with Crippen LogP contribution in [0.1, 0.15) is 50.5 Å². The van der Waals surface area contributed by atoms with Gasteiger partial charge >= 0.3 is 5.76 Å². The quantitative estimate of drug-likeness (QED) is 0.882. The second-order valence-corrected chi connectivity index (χ2v) is 6.49. The minimum Gasteiger partial charge on any atom is -0.408 e. The van der Waals surface area contributed by atoms with Crippen molar-refractivity contribution in [1.29, 1.82) is 0 Å². The molecule has 5 heteroatoms. The lowest BCUT2D eigenvalue weighted by molar-refractivity contribution is -0.121. The van der Waals surface area contributed by atoms with Crippen LogP contribution in [0.25, 0.3) is 11.1 Å². The normalized spacial score (nSPS) is 16.4. The molecule has 5 nitrogen and oxygen atoms in total. The number of oxazole rings is 1. The Morgan fingerprint density at radius 1 is 1.26 bits per heavy atom. The number of hydrogen-bond acceptors (Lipinski definition) is 3. The summed E-state index contributed by atoms with van der Waals surface area (Å²) in [6, 6.07) is 6.00. The number of amides is 1. The highest BCUT2D eigenvalue weighted by molar-refractivity contribution is 5.77. The van der Waals surface area contributed by atoms with Gasteiger partial charge in [-0.1, -0.05) is 31.7 Å². The number of aromatic nitrogens is 1. The second-order valence-electron chi connectivity index (χ2n) is 6.49. The van der Waals surface area contributed by atoms with Crippen molar-refractivity contribution in [2.75, 3.05) is 0 Å². The molecule has 0 saturated heterocycles. The van der Waals surface area contributed by atoms with Crippen LogP contribution in [0.4, 0.5) is 0 Å². The monoisotopic (exact) mass is 316 g/mol. The third-order valence-corrected chi connectivity index (χ3v) is 4.72. The predicted molar refractivity (Wildman–Crippen MR) is 89.4 cm³/mol. The van der Waals surface area contributed by atoms with E-state index in [4.69, 9.17) is 4.42 Å². The maximum Gasteiger partial charge on any atom is 0.419 e. The number of nitrogens with one attached hydrogen (secondary N) is 1. The number of carbonyl (C=O) groups is 1. The lowest BCUT2D eigenvalue weighted by Crippen LogP contribution is -2.34. The molecular weight excluding hydrogens is 292 g/mol. The summed E-state index contributed by atoms with van der Waals surface area (Å²) in [5, 5.41) is 3.17. The lowest BCUT2D eigenvalue weighted by Gasteiger charge is -2.16. The molecular formula is C18H24N2O3. The van der Waals surface area contributed by atoms with Crippen molar-refractivity contribution in [3.05, 3.63) is 34.3 Å². The molecule has 0 spiro atoms. The van der Waals surface area contributed by atoms with Crippen molar-refractivity contribution < 1.29 is 9.21 Å². The fraction of sp³-hybridized carbons (Fsp3) is 0.556. The number of aryl methyl sites for hydroxylation is 2. The van der Waals surface area contributed by atoms with Gasteiger partial charge in [0, 0.05) is 19.5 Å². The fourth-order valence-corrected chi connectivity index (χ4v) is 3.31. The number of hydrogen-bond donors (Lipinski definition) is 1. The number of nitrogens with zero attached hydrogens (tertiary/aromatic N) is 1. The van der Waals surface area contributed by atoms with Gasteiger partial charge in [0.05, 0.1) is 5.52 Å². The van der Waals surface area contributed by atoms with Crippen LogP contribution in [0, 0.1) is 0 Å². The van der Waals surface area contributed by atoms with Crippen LogP contribution in [-0.2, 0) is 18.3 Å². The number of rotatable bonds is 4. The SMILES string of the molecule is Cn1c(=O)oc2ccc(CCC(=O)NC3CCCCCC3)cc21. The van der Waals surface area contributed by atoms with Gasteiger partial charge in [-0.3, -0.25) is 9.36 Å². The van der Waals surface area contributed by atoms with Crippen LogP contribution in [0.5, 0.6) is 0 Å². The molecule has 0 bridgehead atoms. The van der Waals surface area contributed by atoms with Gasteiger partial charge in [0.1, 0.15) is 0 Å². The summed E-state index contributed by atoms with van der Waals surface area (Å²) in [6.07, 6.45) is 8.38. The summed E-state index contributed by atoms with van der Waals surface area (Å²) in [4.78, 5) is 23.6. The van der Waals surface area contributed by atoms with Crippen LogP contribution in [0.2, 0.25) is 0 Å². The van der Waals surface area contributed by atoms with Gasteiger partial charge < -0.3 is 9.73 Å². The van der Waals surface area contributed by atoms with E-state index in [1.54, 1.807) is 13.1 Å². The Bertz CT molecular complexity index is 736. The molecule has 0 radical (unpaired) electrons. The fourth-order valence-electron chi connectivity index (χ4n) is 3.31. The Hall–Kier alpha value is -2.04. The first kappa shape index (κ1) is 15.8. The Morgan fingerprint density at radius 3 is 2.74 bits per heavy atom. The molecule has 1 N–H and O–H groups in total. The lowest BCUT2D eigenvalue weighted by atomic mass is 10.1. The molecule has 3 rings (SSSR count). The van der Waals surface area contributed by atoms with Gasteiger partial charge in [0.25, 0.3) is 0 Å². The van der Waals surface area contributed by atoms with Gasteiger partial charge in [0.15, 0.2) is 5.58 Å². The Morgan fingerprint density at radius 2 is 2.00 bits per heavy atom. The molecule has 124 valence electrons. The van der Waals surface area contributed by atoms with Crippen molar-refractivity contribution in [2.45, 2.75) is 57.4 Å². The molecule has 1 aliphatic carbocycles. The third kappa shape index (κ3) is 3.84. The topological polar surface area (TPSA) is 64.2 Å². The first-order valence-electron chi connectivity index (χ1n) is 8.51. The Balaban J connectivity index is 1.58. The highest BCUT2D eigenvalue weighted by atomic mass is 16.4. The summed E-state index contributed by atoms with van der Waals surface area (Å²) in [6.45, 7) is 0. The molecule has 23 heavy (non-hydrogen) atoms. The van der Waals surface area contributed by atoms with Gasteiger partial charge in [-0.2, -0.15) is 0 Å². The maximum absolute atomic E-state index is 12.1. The van der Waals surface area contributed by atoms with Crippen LogP contribution in [-0.4, -0.2) is 16.5 Å². The average Bonchev–Trinajstić information content (AvgIpc) is 2.73. The number of benzene rings is 1. The Labute approximate surface area is 135 Å². The molecule has 1 aromatic heterocycles. The largest absolute Gasteiger partial charge is 0.419 e. The van der Waals surface area contributed by atoms with Gasteiger partial charge in [-0.15, -0.1) is 0 Å². The minimum absolute atomic E-state index is 0.123. The highest BCUT2D eigenvalue weighted by Gasteiger charge is 2.14. The molecule has 1 aromatic carbocycles. The zero-order valence-corrected chi connectivity index (χ0v) is 13.6. The van der Waals surface area contributed by atoms with Crippen LogP contribution in [0.15, 0.2) is 27.4 Å². The van der Waals surface area contributed by atoms with Gasteiger partial charge in [-0.05, 0) is 37.0 Å². The third-order valence-electron chi connectivity index (χ3n) is 4.72. The van der Waals surface area contributed by atoms with Crippen LogP contribution >= 0.6 is 0 Å². The first-order valence-corrected chi connectivity index (χ1v) is 8.51. The van der Waals surface area contributed by atoms with E-state index in [0.717, 1.165) is 23.9 Å². The second kappa shape index (κ2) is 7.02. The summed E-state index contributed by atoms with van der Waals surface area (Å²) in [7, 11) is 1.69. The van der Waals surface area contributed by atoms with Crippen LogP contribution < -0.4 is 11.1 Å². The molecule has 1 saturated carbocycles. The molecule has 1 amide bonds. The molecule has 2 aromatic rings. The van der Waals surface area contributed by atoms with E-state index in [-0.39, 0.29) is 11.7 Å². The zero-order valence-electron chi connectivity index (χ0n) is 13.6. The maximum atomic E-state index is 12.1. The van der Waals surface area contributed by atoms with Crippen molar-refractivity contribution in [3.8, 4) is 0 Å². The van der Waals surface area contributed by atoms with Crippen LogP contribution in [0.3, 0.4) is 0 Å². The van der Waals surface area contributed by atoms with Gasteiger partial charge in [-0.25, -0.2) is 4.79 Å². The molecule has 0 aliphatic heterocycles. The number of carbonyl (C=O) groups excluding carboxylic acids is 1. The zero-order chi connectivity index (χ0) is 16.2. The van der Waals surface area contributed by atoms with E-state index in [9.17, 15) is 9.59 Å². The molecule has 1 fully saturated rings. The van der Waals surface area contributed by atoms with E-state index in [2.05, 4.69) is 5.32 Å². The Kier molecular flexibility index (Phi) is 4.84.